The van der Waals surface area contributed by atoms with Gasteiger partial charge in [0.1, 0.15) is 0 Å². The fourth-order valence-electron chi connectivity index (χ4n) is 2.75. The summed E-state index contributed by atoms with van der Waals surface area (Å²) in [6.45, 7) is 1.80. The summed E-state index contributed by atoms with van der Waals surface area (Å²) in [5, 5.41) is 12.1. The van der Waals surface area contributed by atoms with Gasteiger partial charge in [-0.15, -0.1) is 0 Å². The number of nitrogens with one attached hydrogen (secondary N) is 4. The quantitative estimate of drug-likeness (QED) is 0.545. The molecule has 0 spiro atoms. The highest BCUT2D eigenvalue weighted by atomic mass is 16.2. The lowest BCUT2D eigenvalue weighted by Crippen LogP contribution is -2.54. The smallest absolute Gasteiger partial charge is 0.310 e. The fraction of sp³-hybridized carbons (Fsp3) is 0.857. The van der Waals surface area contributed by atoms with Gasteiger partial charge in [-0.25, -0.2) is 0 Å². The molecule has 2 rings (SSSR count). The molecule has 0 aliphatic carbocycles. The molecule has 0 bridgehead atoms. The van der Waals surface area contributed by atoms with Crippen LogP contribution in [0.25, 0.3) is 0 Å². The Morgan fingerprint density at radius 2 is 1.15 bits per heavy atom. The van der Waals surface area contributed by atoms with Crippen molar-refractivity contribution >= 4 is 11.8 Å². The zero-order chi connectivity index (χ0) is 14.2. The largest absolute Gasteiger partial charge is 0.333 e. The summed E-state index contributed by atoms with van der Waals surface area (Å²) < 4.78 is 0. The molecule has 0 aromatic carbocycles. The normalized spacial score (nSPS) is 28.0. The van der Waals surface area contributed by atoms with E-state index >= 15 is 0 Å². The van der Waals surface area contributed by atoms with Crippen molar-refractivity contribution in [3.8, 4) is 0 Å². The van der Waals surface area contributed by atoms with Crippen molar-refractivity contribution in [2.75, 3.05) is 13.1 Å². The van der Waals surface area contributed by atoms with Gasteiger partial charge in [0.05, 0.1) is 12.3 Å². The number of carbonyl (C=O) groups excluding carboxylic acids is 2. The third-order valence-electron chi connectivity index (χ3n) is 3.94. The van der Waals surface area contributed by atoms with Crippen LogP contribution in [0.5, 0.6) is 0 Å². The van der Waals surface area contributed by atoms with Gasteiger partial charge in [-0.1, -0.05) is 25.7 Å². The first-order valence-electron chi connectivity index (χ1n) is 7.84. The molecule has 0 aromatic heterocycles. The number of amides is 2. The van der Waals surface area contributed by atoms with Gasteiger partial charge in [-0.2, -0.15) is 0 Å². The Balaban J connectivity index is 1.74. The molecule has 2 amide bonds. The molecule has 6 nitrogen and oxygen atoms in total. The monoisotopic (exact) mass is 282 g/mol. The molecule has 0 aromatic rings. The minimum atomic E-state index is -0.532. The molecule has 0 saturated carbocycles. The van der Waals surface area contributed by atoms with Gasteiger partial charge in [0.2, 0.25) is 0 Å². The van der Waals surface area contributed by atoms with E-state index in [1.165, 1.54) is 12.8 Å². The summed E-state index contributed by atoms with van der Waals surface area (Å²) in [4.78, 5) is 23.8. The molecule has 2 heterocycles. The van der Waals surface area contributed by atoms with Gasteiger partial charge in [-0.3, -0.25) is 20.2 Å². The van der Waals surface area contributed by atoms with E-state index in [0.29, 0.717) is 0 Å². The van der Waals surface area contributed by atoms with Crippen LogP contribution in [-0.2, 0) is 9.59 Å². The molecule has 2 atom stereocenters. The summed E-state index contributed by atoms with van der Waals surface area (Å²) >= 11 is 0. The van der Waals surface area contributed by atoms with Crippen molar-refractivity contribution in [1.82, 2.24) is 21.3 Å². The Kier molecular flexibility index (Phi) is 6.26. The van der Waals surface area contributed by atoms with Crippen molar-refractivity contribution in [2.45, 2.75) is 63.7 Å². The zero-order valence-corrected chi connectivity index (χ0v) is 12.0. The Labute approximate surface area is 120 Å². The summed E-state index contributed by atoms with van der Waals surface area (Å²) in [5.74, 6) is -1.06. The lowest BCUT2D eigenvalue weighted by molar-refractivity contribution is -0.140. The molecule has 2 unspecified atom stereocenters. The maximum atomic E-state index is 11.9. The Bertz CT molecular complexity index is 287. The van der Waals surface area contributed by atoms with Gasteiger partial charge in [0.25, 0.3) is 0 Å². The minimum Gasteiger partial charge on any atom is -0.333 e. The highest BCUT2D eigenvalue weighted by Crippen LogP contribution is 2.07. The molecule has 2 aliphatic heterocycles. The topological polar surface area (TPSA) is 82.3 Å². The van der Waals surface area contributed by atoms with Crippen molar-refractivity contribution in [1.29, 1.82) is 0 Å². The van der Waals surface area contributed by atoms with E-state index in [9.17, 15) is 9.59 Å². The number of rotatable bonds is 2. The lowest BCUT2D eigenvalue weighted by atomic mass is 10.2. The second-order valence-corrected chi connectivity index (χ2v) is 5.66. The van der Waals surface area contributed by atoms with Gasteiger partial charge in [-0.05, 0) is 38.8 Å². The Hall–Kier alpha value is -1.14. The third kappa shape index (κ3) is 5.09. The molecular weight excluding hydrogens is 256 g/mol. The molecule has 2 saturated heterocycles. The zero-order valence-electron chi connectivity index (χ0n) is 12.0. The molecule has 4 N–H and O–H groups in total. The molecule has 20 heavy (non-hydrogen) atoms. The van der Waals surface area contributed by atoms with Crippen LogP contribution < -0.4 is 21.3 Å². The molecule has 2 fully saturated rings. The average molecular weight is 282 g/mol. The predicted molar refractivity (Wildman–Crippen MR) is 76.8 cm³/mol. The molecule has 0 radical (unpaired) electrons. The summed E-state index contributed by atoms with van der Waals surface area (Å²) in [7, 11) is 0. The molecular formula is C14H26N4O2. The van der Waals surface area contributed by atoms with Crippen LogP contribution in [-0.4, -0.2) is 37.2 Å². The third-order valence-corrected chi connectivity index (χ3v) is 3.94. The average Bonchev–Trinajstić information content (AvgIpc) is 2.83. The molecule has 6 heteroatoms. The van der Waals surface area contributed by atoms with Crippen LogP contribution in [0.3, 0.4) is 0 Å². The van der Waals surface area contributed by atoms with Gasteiger partial charge in [0, 0.05) is 0 Å². The molecule has 114 valence electrons. The number of carbonyl (C=O) groups is 2. The minimum absolute atomic E-state index is 0.0714. The summed E-state index contributed by atoms with van der Waals surface area (Å²) in [6.07, 6.45) is 8.43. The second kappa shape index (κ2) is 8.21. The van der Waals surface area contributed by atoms with Crippen LogP contribution in [0.4, 0.5) is 0 Å². The van der Waals surface area contributed by atoms with E-state index in [1.807, 2.05) is 0 Å². The van der Waals surface area contributed by atoms with E-state index in [-0.39, 0.29) is 12.3 Å². The van der Waals surface area contributed by atoms with Crippen LogP contribution in [0, 0.1) is 0 Å². The highest BCUT2D eigenvalue weighted by molar-refractivity contribution is 6.35. The maximum Gasteiger partial charge on any atom is 0.310 e. The van der Waals surface area contributed by atoms with Crippen molar-refractivity contribution in [2.24, 2.45) is 0 Å². The van der Waals surface area contributed by atoms with E-state index < -0.39 is 11.8 Å². The number of hydrogen-bond donors (Lipinski definition) is 4. The summed E-state index contributed by atoms with van der Waals surface area (Å²) in [6, 6.07) is 0. The predicted octanol–water partition coefficient (Wildman–Crippen LogP) is 0.198. The maximum absolute atomic E-state index is 11.9. The standard InChI is InChI=1S/C14H26N4O2/c19-13(17-11-7-3-1-5-9-15-11)14(20)18-12-8-4-2-6-10-16-12/h11-12,15-16H,1-10H2,(H,17,19)(H,18,20). The lowest BCUT2D eigenvalue weighted by Gasteiger charge is -2.20. The van der Waals surface area contributed by atoms with Crippen LogP contribution in [0.2, 0.25) is 0 Å². The van der Waals surface area contributed by atoms with Gasteiger partial charge < -0.3 is 10.6 Å². The first-order valence-corrected chi connectivity index (χ1v) is 7.84. The number of hydrogen-bond acceptors (Lipinski definition) is 4. The Morgan fingerprint density at radius 1 is 0.700 bits per heavy atom. The Morgan fingerprint density at radius 3 is 1.60 bits per heavy atom. The van der Waals surface area contributed by atoms with Crippen molar-refractivity contribution in [3.63, 3.8) is 0 Å². The molecule has 2 aliphatic rings. The van der Waals surface area contributed by atoms with Crippen molar-refractivity contribution < 1.29 is 9.59 Å². The van der Waals surface area contributed by atoms with Gasteiger partial charge >= 0.3 is 11.8 Å². The highest BCUT2D eigenvalue weighted by Gasteiger charge is 2.22. The van der Waals surface area contributed by atoms with Crippen LogP contribution in [0.1, 0.15) is 51.4 Å². The first kappa shape index (κ1) is 15.3. The second-order valence-electron chi connectivity index (χ2n) is 5.66. The van der Waals surface area contributed by atoms with E-state index in [1.54, 1.807) is 0 Å². The van der Waals surface area contributed by atoms with Gasteiger partial charge in [0.15, 0.2) is 0 Å². The fourth-order valence-corrected chi connectivity index (χ4v) is 2.75. The summed E-state index contributed by atoms with van der Waals surface area (Å²) in [5.41, 5.74) is 0. The SMILES string of the molecule is O=C(NC1CCCCCN1)C(=O)NC1CCCCCN1. The van der Waals surface area contributed by atoms with E-state index in [2.05, 4.69) is 21.3 Å². The first-order chi connectivity index (χ1) is 9.75. The van der Waals surface area contributed by atoms with Crippen LogP contribution in [0.15, 0.2) is 0 Å². The van der Waals surface area contributed by atoms with E-state index in [0.717, 1.165) is 51.6 Å². The van der Waals surface area contributed by atoms with Crippen LogP contribution >= 0.6 is 0 Å². The van der Waals surface area contributed by atoms with Crippen molar-refractivity contribution in [3.05, 3.63) is 0 Å². The van der Waals surface area contributed by atoms with E-state index in [4.69, 9.17) is 0 Å².